The second kappa shape index (κ2) is 11.4. The molecule has 0 aliphatic carbocycles. The van der Waals surface area contributed by atoms with Crippen molar-refractivity contribution in [2.75, 3.05) is 0 Å². The number of aromatic amines is 4. The van der Waals surface area contributed by atoms with E-state index in [2.05, 4.69) is 26.5 Å². The monoisotopic (exact) mass is 596 g/mol. The minimum atomic E-state index is -0.917. The molecule has 4 aromatic rings. The molecule has 0 unspecified atom stereocenters. The number of H-pyrrole nitrogens is 4. The van der Waals surface area contributed by atoms with Gasteiger partial charge in [-0.2, -0.15) is 0 Å². The summed E-state index contributed by atoms with van der Waals surface area (Å²) in [5.74, 6) is -2.05. The van der Waals surface area contributed by atoms with Crippen molar-refractivity contribution < 1.29 is 29.7 Å². The number of Topliss-reactive ketones (excluding diaryl/α,β-unsaturated/α-hetero) is 1. The summed E-state index contributed by atoms with van der Waals surface area (Å²) in [6.07, 6.45) is 7.94. The number of hydrogen-bond donors (Lipinski definition) is 7. The number of aliphatic carboxylic acids is 2. The highest BCUT2D eigenvalue weighted by molar-refractivity contribution is 5.96. The predicted octanol–water partition coefficient (Wildman–Crippen LogP) is 2.63. The van der Waals surface area contributed by atoms with Crippen LogP contribution in [0.25, 0.3) is 30.1 Å². The van der Waals surface area contributed by atoms with Crippen molar-refractivity contribution in [2.24, 2.45) is 0 Å². The van der Waals surface area contributed by atoms with Crippen LogP contribution in [-0.2, 0) is 22.4 Å². The van der Waals surface area contributed by atoms with Crippen LogP contribution in [-0.4, -0.2) is 53.0 Å². The zero-order valence-electron chi connectivity index (χ0n) is 25.4. The van der Waals surface area contributed by atoms with Crippen molar-refractivity contribution in [3.8, 4) is 0 Å². The molecule has 0 fully saturated rings. The number of nitrogens with one attached hydrogen (secondary N) is 4. The van der Waals surface area contributed by atoms with Crippen molar-refractivity contribution in [2.45, 2.75) is 60.3 Å². The molecular formula is C34H36N4O6. The van der Waals surface area contributed by atoms with Crippen molar-refractivity contribution in [1.29, 1.82) is 0 Å². The Morgan fingerprint density at radius 2 is 1.09 bits per heavy atom. The molecule has 1 aliphatic rings. The molecule has 5 rings (SSSR count). The average molecular weight is 597 g/mol. The SMILES string of the molecule is C=C(O)c1c2[nH]c(c1C)C=c1[nH]c(c(CCC(=O)O)c1C)=Cc1[nH]c(c(C)c1CCC(=O)O)C=c1[nH]c(c(C)c1C(C)=O)=C2. The van der Waals surface area contributed by atoms with Crippen LogP contribution in [0.5, 0.6) is 0 Å². The summed E-state index contributed by atoms with van der Waals surface area (Å²) in [5, 5.41) is 32.2. The van der Waals surface area contributed by atoms with Gasteiger partial charge in [-0.15, -0.1) is 0 Å². The highest BCUT2D eigenvalue weighted by Gasteiger charge is 2.19. The fourth-order valence-electron chi connectivity index (χ4n) is 6.19. The standard InChI is InChI=1S/C34H36N4O6/c1-15-21(7-9-31(41)42)27-14-28-22(8-10-32(43)44)16(2)24(36-28)12-29-34(20(6)40)18(4)26(38-29)13-30-33(19(5)39)17(3)25(37-30)11-23(15)35-27/h11-14,35-39H,5,7-10H2,1-4,6H3,(H,41,42)(H,43,44). The van der Waals surface area contributed by atoms with Gasteiger partial charge in [-0.25, -0.2) is 0 Å². The number of carbonyl (C=O) groups excluding carboxylic acids is 1. The third-order valence-electron chi connectivity index (χ3n) is 8.51. The number of aliphatic hydroxyl groups is 1. The largest absolute Gasteiger partial charge is 0.508 e. The molecule has 0 atom stereocenters. The summed E-state index contributed by atoms with van der Waals surface area (Å²) < 4.78 is 0. The lowest BCUT2D eigenvalue weighted by Gasteiger charge is -2.01. The van der Waals surface area contributed by atoms with Crippen molar-refractivity contribution in [3.05, 3.63) is 95.3 Å². The van der Waals surface area contributed by atoms with Crippen LogP contribution in [0.15, 0.2) is 6.58 Å². The number of aliphatic hydroxyl groups excluding tert-OH is 1. The van der Waals surface area contributed by atoms with Gasteiger partial charge in [0.25, 0.3) is 0 Å². The molecule has 7 N–H and O–H groups in total. The van der Waals surface area contributed by atoms with Crippen LogP contribution in [0.1, 0.15) is 91.8 Å². The Morgan fingerprint density at radius 3 is 1.70 bits per heavy atom. The molecule has 10 heteroatoms. The van der Waals surface area contributed by atoms with E-state index in [1.165, 1.54) is 6.92 Å². The predicted molar refractivity (Wildman–Crippen MR) is 168 cm³/mol. The molecular weight excluding hydrogens is 560 g/mol. The lowest BCUT2D eigenvalue weighted by molar-refractivity contribution is -0.138. The van der Waals surface area contributed by atoms with E-state index < -0.39 is 11.9 Å². The second-order valence-corrected chi connectivity index (χ2v) is 11.4. The molecule has 8 bridgehead atoms. The Hall–Kier alpha value is -5.25. The number of carbonyl (C=O) groups is 3. The molecule has 0 amide bonds. The Labute approximate surface area is 252 Å². The molecule has 0 saturated carbocycles. The van der Waals surface area contributed by atoms with Gasteiger partial charge in [0.2, 0.25) is 0 Å². The van der Waals surface area contributed by atoms with Gasteiger partial charge in [0.05, 0.1) is 11.0 Å². The first kappa shape index (κ1) is 30.2. The first-order valence-corrected chi connectivity index (χ1v) is 14.4. The molecule has 0 saturated heterocycles. The van der Waals surface area contributed by atoms with E-state index in [-0.39, 0.29) is 37.2 Å². The third kappa shape index (κ3) is 5.46. The molecule has 228 valence electrons. The summed E-state index contributed by atoms with van der Waals surface area (Å²) in [6.45, 7) is 12.9. The van der Waals surface area contributed by atoms with E-state index in [4.69, 9.17) is 0 Å². The summed E-state index contributed by atoms with van der Waals surface area (Å²) >= 11 is 0. The van der Waals surface area contributed by atoms with Gasteiger partial charge in [-0.1, -0.05) is 6.58 Å². The summed E-state index contributed by atoms with van der Waals surface area (Å²) in [5.41, 5.74) is 8.68. The van der Waals surface area contributed by atoms with E-state index in [0.717, 1.165) is 44.4 Å². The first-order valence-electron chi connectivity index (χ1n) is 14.4. The van der Waals surface area contributed by atoms with Gasteiger partial charge in [-0.3, -0.25) is 14.4 Å². The minimum absolute atomic E-state index is 0.0646. The second-order valence-electron chi connectivity index (χ2n) is 11.4. The van der Waals surface area contributed by atoms with Crippen molar-refractivity contribution in [3.63, 3.8) is 0 Å². The maximum Gasteiger partial charge on any atom is 0.303 e. The summed E-state index contributed by atoms with van der Waals surface area (Å²) in [7, 11) is 0. The van der Waals surface area contributed by atoms with E-state index in [1.54, 1.807) is 0 Å². The molecule has 1 aliphatic heterocycles. The molecule has 0 radical (unpaired) electrons. The number of hydrogen-bond acceptors (Lipinski definition) is 4. The van der Waals surface area contributed by atoms with E-state index >= 15 is 0 Å². The van der Waals surface area contributed by atoms with Crippen LogP contribution >= 0.6 is 0 Å². The van der Waals surface area contributed by atoms with Gasteiger partial charge in [-0.05, 0) is 105 Å². The number of aromatic nitrogens is 4. The van der Waals surface area contributed by atoms with Gasteiger partial charge in [0.1, 0.15) is 5.76 Å². The third-order valence-corrected chi connectivity index (χ3v) is 8.51. The molecule has 5 heterocycles. The zero-order chi connectivity index (χ0) is 32.0. The highest BCUT2D eigenvalue weighted by atomic mass is 16.4. The Bertz CT molecular complexity index is 2130. The smallest absolute Gasteiger partial charge is 0.303 e. The van der Waals surface area contributed by atoms with Crippen LogP contribution < -0.4 is 21.4 Å². The normalized spacial score (nSPS) is 12.1. The average Bonchev–Trinajstić information content (AvgIpc) is 3.59. The fraction of sp³-hybridized carbons (Fsp3) is 0.265. The molecule has 44 heavy (non-hydrogen) atoms. The quantitative estimate of drug-likeness (QED) is 0.107. The summed E-state index contributed by atoms with van der Waals surface area (Å²) in [6, 6.07) is 0. The lowest BCUT2D eigenvalue weighted by Crippen LogP contribution is -2.14. The molecule has 0 spiro atoms. The van der Waals surface area contributed by atoms with Gasteiger partial charge in [0, 0.05) is 57.1 Å². The van der Waals surface area contributed by atoms with Crippen LogP contribution in [0, 0.1) is 27.7 Å². The minimum Gasteiger partial charge on any atom is -0.508 e. The zero-order valence-corrected chi connectivity index (χ0v) is 25.4. The number of carboxylic acid groups (broad SMARTS) is 2. The van der Waals surface area contributed by atoms with Crippen LogP contribution in [0.3, 0.4) is 0 Å². The molecule has 10 nitrogen and oxygen atoms in total. The molecule has 0 aromatic carbocycles. The number of fused-ring (bicyclic) bond motifs is 8. The Morgan fingerprint density at radius 1 is 0.591 bits per heavy atom. The topological polar surface area (TPSA) is 175 Å². The number of rotatable bonds is 8. The molecule has 4 aromatic heterocycles. The van der Waals surface area contributed by atoms with Gasteiger partial charge >= 0.3 is 11.9 Å². The fourth-order valence-corrected chi connectivity index (χ4v) is 6.19. The van der Waals surface area contributed by atoms with Crippen LogP contribution in [0.2, 0.25) is 0 Å². The maximum absolute atomic E-state index is 12.9. The number of carboxylic acids is 2. The highest BCUT2D eigenvalue weighted by Crippen LogP contribution is 2.26. The Kier molecular flexibility index (Phi) is 7.86. The summed E-state index contributed by atoms with van der Waals surface area (Å²) in [4.78, 5) is 49.6. The van der Waals surface area contributed by atoms with E-state index in [0.29, 0.717) is 44.3 Å². The first-order chi connectivity index (χ1) is 20.8. The van der Waals surface area contributed by atoms with Gasteiger partial charge < -0.3 is 35.3 Å². The maximum atomic E-state index is 12.9. The van der Waals surface area contributed by atoms with Crippen LogP contribution in [0.4, 0.5) is 0 Å². The van der Waals surface area contributed by atoms with E-state index in [9.17, 15) is 29.7 Å². The van der Waals surface area contributed by atoms with Crippen molar-refractivity contribution in [1.82, 2.24) is 19.9 Å². The number of ketones is 1. The van der Waals surface area contributed by atoms with Gasteiger partial charge in [0.15, 0.2) is 5.78 Å². The van der Waals surface area contributed by atoms with E-state index in [1.807, 2.05) is 52.0 Å². The Balaban J connectivity index is 1.95. The lowest BCUT2D eigenvalue weighted by atomic mass is 10.0. The van der Waals surface area contributed by atoms with Crippen molar-refractivity contribution >= 4 is 47.8 Å².